The van der Waals surface area contributed by atoms with Crippen LogP contribution in [0.5, 0.6) is 0 Å². The molecule has 1 unspecified atom stereocenters. The average molecular weight is 325 g/mol. The molecule has 0 aliphatic rings. The number of alkyl halides is 3. The number of hydrogen-bond donors (Lipinski definition) is 1. The Hall–Kier alpha value is -2.11. The second kappa shape index (κ2) is 5.51. The van der Waals surface area contributed by atoms with Gasteiger partial charge in [-0.3, -0.25) is 9.59 Å². The van der Waals surface area contributed by atoms with Gasteiger partial charge in [-0.25, -0.2) is 0 Å². The number of hydrogen-bond acceptors (Lipinski definition) is 3. The van der Waals surface area contributed by atoms with Crippen molar-refractivity contribution in [1.82, 2.24) is 0 Å². The van der Waals surface area contributed by atoms with Crippen molar-refractivity contribution in [3.05, 3.63) is 50.3 Å². The van der Waals surface area contributed by atoms with Crippen LogP contribution >= 0.6 is 0 Å². The van der Waals surface area contributed by atoms with Crippen LogP contribution in [0.4, 0.5) is 18.9 Å². The average Bonchev–Trinajstić information content (AvgIpc) is 2.44. The molecule has 0 aliphatic carbocycles. The molecule has 0 aliphatic heterocycles. The fourth-order valence-electron chi connectivity index (χ4n) is 2.06. The van der Waals surface area contributed by atoms with Gasteiger partial charge in [-0.1, -0.05) is 32.9 Å². The fourth-order valence-corrected chi connectivity index (χ4v) is 2.06. The molecule has 1 atom stereocenters. The van der Waals surface area contributed by atoms with Gasteiger partial charge in [0.15, 0.2) is 0 Å². The summed E-state index contributed by atoms with van der Waals surface area (Å²) in [5.74, 6) is 0. The zero-order chi connectivity index (χ0) is 17.6. The van der Waals surface area contributed by atoms with Crippen LogP contribution < -0.4 is 16.2 Å². The van der Waals surface area contributed by atoms with E-state index in [0.717, 1.165) is 12.1 Å². The number of anilines is 1. The molecule has 0 fully saturated rings. The SMILES string of the molecule is CC(Nc1c(-c2ccc(C(F)(F)F)cc2)c(=O)c1=O)C(C)(C)C. The largest absolute Gasteiger partial charge is 0.416 e. The highest BCUT2D eigenvalue weighted by atomic mass is 19.4. The molecule has 0 amide bonds. The lowest BCUT2D eigenvalue weighted by Gasteiger charge is -2.30. The van der Waals surface area contributed by atoms with Crippen LogP contribution in [0, 0.1) is 5.41 Å². The van der Waals surface area contributed by atoms with Crippen LogP contribution in [0.25, 0.3) is 11.1 Å². The van der Waals surface area contributed by atoms with Crippen LogP contribution in [0.3, 0.4) is 0 Å². The standard InChI is InChI=1S/C17H18F3NO2/c1-9(16(2,3)4)21-13-12(14(22)15(13)23)10-5-7-11(8-6-10)17(18,19)20/h5-9,21H,1-4H3. The summed E-state index contributed by atoms with van der Waals surface area (Å²) < 4.78 is 37.8. The Morgan fingerprint density at radius 1 is 0.957 bits per heavy atom. The summed E-state index contributed by atoms with van der Waals surface area (Å²) in [6, 6.07) is 4.16. The molecule has 0 heterocycles. The van der Waals surface area contributed by atoms with Crippen molar-refractivity contribution < 1.29 is 13.2 Å². The van der Waals surface area contributed by atoms with Gasteiger partial charge in [0.05, 0.1) is 16.8 Å². The van der Waals surface area contributed by atoms with Crippen molar-refractivity contribution in [2.45, 2.75) is 39.9 Å². The molecule has 2 aromatic carbocycles. The molecule has 0 aromatic heterocycles. The van der Waals surface area contributed by atoms with Crippen molar-refractivity contribution in [2.75, 3.05) is 5.32 Å². The van der Waals surface area contributed by atoms with Gasteiger partial charge in [-0.2, -0.15) is 13.2 Å². The summed E-state index contributed by atoms with van der Waals surface area (Å²) in [4.78, 5) is 23.6. The van der Waals surface area contributed by atoms with E-state index in [4.69, 9.17) is 0 Å². The first kappa shape index (κ1) is 17.2. The van der Waals surface area contributed by atoms with Crippen LogP contribution in [0.1, 0.15) is 33.3 Å². The van der Waals surface area contributed by atoms with Gasteiger partial charge in [-0.05, 0) is 30.0 Å². The van der Waals surface area contributed by atoms with E-state index in [9.17, 15) is 22.8 Å². The Bertz CT molecular complexity index is 776. The van der Waals surface area contributed by atoms with E-state index in [1.165, 1.54) is 12.1 Å². The molecule has 0 saturated heterocycles. The fraction of sp³-hybridized carbons (Fsp3) is 0.412. The van der Waals surface area contributed by atoms with Crippen molar-refractivity contribution in [3.8, 4) is 11.1 Å². The Kier molecular flexibility index (Phi) is 4.13. The van der Waals surface area contributed by atoms with Crippen LogP contribution in [-0.4, -0.2) is 6.04 Å². The lowest BCUT2D eigenvalue weighted by molar-refractivity contribution is -0.137. The van der Waals surface area contributed by atoms with Gasteiger partial charge in [0.25, 0.3) is 0 Å². The zero-order valence-electron chi connectivity index (χ0n) is 13.3. The number of rotatable bonds is 3. The third-order valence-corrected chi connectivity index (χ3v) is 4.07. The zero-order valence-corrected chi connectivity index (χ0v) is 13.3. The first-order valence-electron chi connectivity index (χ1n) is 7.20. The molecule has 6 heteroatoms. The number of nitrogens with one attached hydrogen (secondary N) is 1. The van der Waals surface area contributed by atoms with Gasteiger partial charge in [0.1, 0.15) is 0 Å². The van der Waals surface area contributed by atoms with Gasteiger partial charge in [-0.15, -0.1) is 0 Å². The van der Waals surface area contributed by atoms with Crippen molar-refractivity contribution in [2.24, 2.45) is 5.41 Å². The Morgan fingerprint density at radius 3 is 1.91 bits per heavy atom. The molecule has 0 bridgehead atoms. The summed E-state index contributed by atoms with van der Waals surface area (Å²) in [6.45, 7) is 7.82. The van der Waals surface area contributed by atoms with Gasteiger partial charge >= 0.3 is 6.18 Å². The normalized spacial score (nSPS) is 14.0. The predicted octanol–water partition coefficient (Wildman–Crippen LogP) is 3.81. The maximum atomic E-state index is 12.6. The Labute approximate surface area is 131 Å². The maximum absolute atomic E-state index is 12.6. The van der Waals surface area contributed by atoms with E-state index in [2.05, 4.69) is 5.32 Å². The Morgan fingerprint density at radius 2 is 1.48 bits per heavy atom. The third kappa shape index (κ3) is 3.30. The van der Waals surface area contributed by atoms with Crippen molar-refractivity contribution in [1.29, 1.82) is 0 Å². The van der Waals surface area contributed by atoms with Gasteiger partial charge in [0.2, 0.25) is 10.9 Å². The number of benzene rings is 1. The van der Waals surface area contributed by atoms with E-state index in [-0.39, 0.29) is 22.7 Å². The van der Waals surface area contributed by atoms with E-state index in [0.29, 0.717) is 5.56 Å². The topological polar surface area (TPSA) is 46.2 Å². The third-order valence-electron chi connectivity index (χ3n) is 4.07. The molecule has 0 radical (unpaired) electrons. The van der Waals surface area contributed by atoms with Crippen molar-refractivity contribution >= 4 is 5.69 Å². The molecule has 0 saturated carbocycles. The highest BCUT2D eigenvalue weighted by Crippen LogP contribution is 2.32. The predicted molar refractivity (Wildman–Crippen MR) is 84.3 cm³/mol. The molecule has 2 aromatic rings. The molecular formula is C17H18F3NO2. The van der Waals surface area contributed by atoms with E-state index in [1.807, 2.05) is 27.7 Å². The van der Waals surface area contributed by atoms with Crippen molar-refractivity contribution in [3.63, 3.8) is 0 Å². The minimum absolute atomic E-state index is 0.0843. The van der Waals surface area contributed by atoms with E-state index in [1.54, 1.807) is 0 Å². The molecule has 23 heavy (non-hydrogen) atoms. The monoisotopic (exact) mass is 325 g/mol. The van der Waals surface area contributed by atoms with E-state index < -0.39 is 22.6 Å². The summed E-state index contributed by atoms with van der Waals surface area (Å²) in [5.41, 5.74) is -1.60. The lowest BCUT2D eigenvalue weighted by atomic mass is 9.87. The van der Waals surface area contributed by atoms with Crippen LogP contribution in [0.15, 0.2) is 33.9 Å². The molecule has 2 rings (SSSR count). The van der Waals surface area contributed by atoms with Crippen LogP contribution in [0.2, 0.25) is 0 Å². The minimum atomic E-state index is -4.44. The molecule has 0 spiro atoms. The minimum Gasteiger partial charge on any atom is -0.378 e. The molecule has 124 valence electrons. The maximum Gasteiger partial charge on any atom is 0.416 e. The number of halogens is 3. The van der Waals surface area contributed by atoms with Gasteiger partial charge < -0.3 is 5.32 Å². The van der Waals surface area contributed by atoms with E-state index >= 15 is 0 Å². The quantitative estimate of drug-likeness (QED) is 0.873. The second-order valence-electron chi connectivity index (χ2n) is 6.72. The summed E-state index contributed by atoms with van der Waals surface area (Å²) >= 11 is 0. The lowest BCUT2D eigenvalue weighted by Crippen LogP contribution is -2.41. The summed E-state index contributed by atoms with van der Waals surface area (Å²) in [7, 11) is 0. The van der Waals surface area contributed by atoms with Gasteiger partial charge in [0, 0.05) is 6.04 Å². The highest BCUT2D eigenvalue weighted by molar-refractivity contribution is 5.82. The molecule has 3 nitrogen and oxygen atoms in total. The summed E-state index contributed by atoms with van der Waals surface area (Å²) in [5, 5.41) is 3.02. The molecular weight excluding hydrogens is 307 g/mol. The first-order chi connectivity index (χ1) is 10.4. The highest BCUT2D eigenvalue weighted by Gasteiger charge is 2.31. The summed E-state index contributed by atoms with van der Waals surface area (Å²) in [6.07, 6.45) is -4.44. The molecule has 1 N–H and O–H groups in total. The Balaban J connectivity index is 2.37. The smallest absolute Gasteiger partial charge is 0.378 e. The first-order valence-corrected chi connectivity index (χ1v) is 7.20. The van der Waals surface area contributed by atoms with Crippen LogP contribution in [-0.2, 0) is 6.18 Å². The second-order valence-corrected chi connectivity index (χ2v) is 6.72.